The van der Waals surface area contributed by atoms with Crippen LogP contribution in [0.15, 0.2) is 22.6 Å². The third kappa shape index (κ3) is 2.17. The molecule has 2 aromatic rings. The molecule has 1 aromatic heterocycles. The van der Waals surface area contributed by atoms with Crippen molar-refractivity contribution < 1.29 is 23.5 Å². The third-order valence-corrected chi connectivity index (χ3v) is 4.55. The first kappa shape index (κ1) is 13.9. The van der Waals surface area contributed by atoms with E-state index >= 15 is 0 Å². The summed E-state index contributed by atoms with van der Waals surface area (Å²) < 4.78 is 19.1. The summed E-state index contributed by atoms with van der Waals surface area (Å²) in [4.78, 5) is 24.9. The number of benzene rings is 1. The number of carbonyl (C=O) groups excluding carboxylic acids is 1. The molecular weight excluding hydrogens is 297 g/mol. The van der Waals surface area contributed by atoms with Crippen LogP contribution in [0.3, 0.4) is 0 Å². The molecule has 1 N–H and O–H groups in total. The first-order valence-corrected chi connectivity index (χ1v) is 7.45. The quantitative estimate of drug-likeness (QED) is 0.923. The van der Waals surface area contributed by atoms with E-state index in [2.05, 4.69) is 0 Å². The van der Waals surface area contributed by atoms with E-state index in [1.165, 1.54) is 22.7 Å². The standard InChI is InChI=1S/C14H12FNO4S/c1-7-8-3-2-4-9(15)12(8)20-11(7)13(17)16-6-21-5-10(16)14(18)19/h2-4,10H,5-6H2,1H3,(H,18,19). The van der Waals surface area contributed by atoms with Crippen molar-refractivity contribution in [3.63, 3.8) is 0 Å². The summed E-state index contributed by atoms with van der Waals surface area (Å²) >= 11 is 1.37. The third-order valence-electron chi connectivity index (χ3n) is 3.54. The second-order valence-electron chi connectivity index (χ2n) is 4.80. The Morgan fingerprint density at radius 1 is 1.48 bits per heavy atom. The maximum Gasteiger partial charge on any atom is 0.327 e. The number of halogens is 1. The topological polar surface area (TPSA) is 70.8 Å². The van der Waals surface area contributed by atoms with Crippen LogP contribution in [0.5, 0.6) is 0 Å². The highest BCUT2D eigenvalue weighted by Gasteiger charge is 2.37. The number of fused-ring (bicyclic) bond motifs is 1. The number of carboxylic acids is 1. The highest BCUT2D eigenvalue weighted by molar-refractivity contribution is 7.99. The van der Waals surface area contributed by atoms with Gasteiger partial charge in [0.2, 0.25) is 0 Å². The minimum atomic E-state index is -1.05. The zero-order valence-electron chi connectivity index (χ0n) is 11.1. The van der Waals surface area contributed by atoms with Crippen molar-refractivity contribution in [3.8, 4) is 0 Å². The van der Waals surface area contributed by atoms with Crippen molar-refractivity contribution in [1.82, 2.24) is 4.90 Å². The molecule has 1 atom stereocenters. The molecule has 1 aliphatic heterocycles. The van der Waals surface area contributed by atoms with Gasteiger partial charge in [-0.1, -0.05) is 12.1 Å². The number of rotatable bonds is 2. The summed E-state index contributed by atoms with van der Waals surface area (Å²) in [6.07, 6.45) is 0. The number of thioether (sulfide) groups is 1. The summed E-state index contributed by atoms with van der Waals surface area (Å²) in [5, 5.41) is 9.66. The van der Waals surface area contributed by atoms with Crippen LogP contribution in [-0.4, -0.2) is 39.6 Å². The molecule has 1 amide bonds. The highest BCUT2D eigenvalue weighted by Crippen LogP contribution is 2.30. The zero-order valence-corrected chi connectivity index (χ0v) is 11.9. The summed E-state index contributed by atoms with van der Waals surface area (Å²) in [5.41, 5.74) is 0.549. The van der Waals surface area contributed by atoms with Gasteiger partial charge in [0.1, 0.15) is 6.04 Å². The van der Waals surface area contributed by atoms with Gasteiger partial charge in [-0.15, -0.1) is 11.8 Å². The number of furan rings is 1. The Morgan fingerprint density at radius 3 is 2.90 bits per heavy atom. The van der Waals surface area contributed by atoms with Gasteiger partial charge in [0.25, 0.3) is 5.91 Å². The van der Waals surface area contributed by atoms with Gasteiger partial charge in [-0.05, 0) is 13.0 Å². The number of aryl methyl sites for hydroxylation is 1. The maximum atomic E-state index is 13.7. The molecule has 1 saturated heterocycles. The van der Waals surface area contributed by atoms with Crippen LogP contribution in [0.2, 0.25) is 0 Å². The number of hydrogen-bond donors (Lipinski definition) is 1. The Hall–Kier alpha value is -2.02. The minimum absolute atomic E-state index is 0.00356. The summed E-state index contributed by atoms with van der Waals surface area (Å²) in [6, 6.07) is 3.59. The van der Waals surface area contributed by atoms with Gasteiger partial charge in [0.15, 0.2) is 17.2 Å². The predicted octanol–water partition coefficient (Wildman–Crippen LogP) is 2.48. The van der Waals surface area contributed by atoms with E-state index in [0.29, 0.717) is 16.7 Å². The molecule has 0 radical (unpaired) electrons. The van der Waals surface area contributed by atoms with Crippen molar-refractivity contribution in [3.05, 3.63) is 35.3 Å². The predicted molar refractivity (Wildman–Crippen MR) is 75.8 cm³/mol. The van der Waals surface area contributed by atoms with Gasteiger partial charge < -0.3 is 14.4 Å². The Kier molecular flexibility index (Phi) is 3.36. The lowest BCUT2D eigenvalue weighted by atomic mass is 10.1. The molecule has 7 heteroatoms. The van der Waals surface area contributed by atoms with E-state index < -0.39 is 23.7 Å². The fraction of sp³-hybridized carbons (Fsp3) is 0.286. The van der Waals surface area contributed by atoms with Gasteiger partial charge in [-0.2, -0.15) is 0 Å². The summed E-state index contributed by atoms with van der Waals surface area (Å²) in [7, 11) is 0. The van der Waals surface area contributed by atoms with E-state index in [1.54, 1.807) is 19.1 Å². The smallest absolute Gasteiger partial charge is 0.327 e. The van der Waals surface area contributed by atoms with Gasteiger partial charge >= 0.3 is 5.97 Å². The number of carboxylic acid groups (broad SMARTS) is 1. The van der Waals surface area contributed by atoms with Crippen LogP contribution >= 0.6 is 11.8 Å². The number of para-hydroxylation sites is 1. The molecule has 2 heterocycles. The lowest BCUT2D eigenvalue weighted by molar-refractivity contribution is -0.140. The lowest BCUT2D eigenvalue weighted by Crippen LogP contribution is -2.41. The largest absolute Gasteiger partial charge is 0.480 e. The van der Waals surface area contributed by atoms with Crippen LogP contribution in [0.4, 0.5) is 4.39 Å². The average Bonchev–Trinajstić information content (AvgIpc) is 3.05. The molecule has 0 aliphatic carbocycles. The lowest BCUT2D eigenvalue weighted by Gasteiger charge is -2.19. The molecule has 5 nitrogen and oxygen atoms in total. The van der Waals surface area contributed by atoms with Crippen LogP contribution in [0.1, 0.15) is 16.1 Å². The molecule has 1 aromatic carbocycles. The van der Waals surface area contributed by atoms with E-state index in [0.717, 1.165) is 0 Å². The molecule has 21 heavy (non-hydrogen) atoms. The minimum Gasteiger partial charge on any atom is -0.480 e. The van der Waals surface area contributed by atoms with Crippen molar-refractivity contribution in [2.75, 3.05) is 11.6 Å². The van der Waals surface area contributed by atoms with Crippen molar-refractivity contribution in [2.24, 2.45) is 0 Å². The van der Waals surface area contributed by atoms with E-state index in [4.69, 9.17) is 9.52 Å². The molecule has 0 saturated carbocycles. The Morgan fingerprint density at radius 2 is 2.24 bits per heavy atom. The monoisotopic (exact) mass is 309 g/mol. The molecule has 3 rings (SSSR count). The Bertz CT molecular complexity index is 742. The van der Waals surface area contributed by atoms with Crippen molar-refractivity contribution in [2.45, 2.75) is 13.0 Å². The number of carbonyl (C=O) groups is 2. The van der Waals surface area contributed by atoms with Crippen LogP contribution < -0.4 is 0 Å². The molecule has 0 spiro atoms. The number of amides is 1. The Labute approximate surface area is 123 Å². The molecule has 110 valence electrons. The number of aliphatic carboxylic acids is 1. The number of hydrogen-bond acceptors (Lipinski definition) is 4. The van der Waals surface area contributed by atoms with E-state index in [-0.39, 0.29) is 17.2 Å². The molecule has 1 fully saturated rings. The second-order valence-corrected chi connectivity index (χ2v) is 5.80. The average molecular weight is 309 g/mol. The van der Waals surface area contributed by atoms with Crippen LogP contribution in [0.25, 0.3) is 11.0 Å². The van der Waals surface area contributed by atoms with Gasteiger partial charge in [0, 0.05) is 16.7 Å². The first-order chi connectivity index (χ1) is 10.0. The van der Waals surface area contributed by atoms with E-state index in [1.807, 2.05) is 0 Å². The second kappa shape index (κ2) is 5.07. The van der Waals surface area contributed by atoms with Crippen molar-refractivity contribution in [1.29, 1.82) is 0 Å². The van der Waals surface area contributed by atoms with E-state index in [9.17, 15) is 14.0 Å². The highest BCUT2D eigenvalue weighted by atomic mass is 32.2. The normalized spacial score (nSPS) is 18.4. The van der Waals surface area contributed by atoms with Gasteiger partial charge in [0.05, 0.1) is 5.88 Å². The molecule has 1 unspecified atom stereocenters. The molecule has 1 aliphatic rings. The maximum absolute atomic E-state index is 13.7. The molecule has 0 bridgehead atoms. The first-order valence-electron chi connectivity index (χ1n) is 6.30. The van der Waals surface area contributed by atoms with Crippen molar-refractivity contribution >= 4 is 34.6 Å². The fourth-order valence-electron chi connectivity index (χ4n) is 2.39. The zero-order chi connectivity index (χ0) is 15.1. The fourth-order valence-corrected chi connectivity index (χ4v) is 3.54. The van der Waals surface area contributed by atoms with Gasteiger partial charge in [-0.25, -0.2) is 9.18 Å². The Balaban J connectivity index is 2.04. The molecular formula is C14H12FNO4S. The van der Waals surface area contributed by atoms with Crippen LogP contribution in [0, 0.1) is 12.7 Å². The summed E-state index contributed by atoms with van der Waals surface area (Å²) in [5.74, 6) is -1.47. The summed E-state index contributed by atoms with van der Waals surface area (Å²) in [6.45, 7) is 1.66. The SMILES string of the molecule is Cc1c(C(=O)N2CSCC2C(=O)O)oc2c(F)cccc12. The number of nitrogens with zero attached hydrogens (tertiary/aromatic N) is 1. The van der Waals surface area contributed by atoms with Crippen LogP contribution in [-0.2, 0) is 4.79 Å². The van der Waals surface area contributed by atoms with Gasteiger partial charge in [-0.3, -0.25) is 4.79 Å².